The van der Waals surface area contributed by atoms with Crippen molar-refractivity contribution < 1.29 is 17.9 Å². The molecule has 158 valence electrons. The van der Waals surface area contributed by atoms with Crippen molar-refractivity contribution in [2.24, 2.45) is 5.92 Å². The minimum Gasteiger partial charge on any atom is -0.406 e. The monoisotopic (exact) mass is 426 g/mol. The summed E-state index contributed by atoms with van der Waals surface area (Å²) in [6, 6.07) is 15.6. The normalized spacial score (nSPS) is 11.6. The molecule has 0 fully saturated rings. The maximum atomic E-state index is 13.5. The van der Waals surface area contributed by atoms with Crippen molar-refractivity contribution in [2.45, 2.75) is 50.3 Å². The first-order valence-corrected chi connectivity index (χ1v) is 11.5. The Morgan fingerprint density at radius 3 is 2.17 bits per heavy atom. The number of carbonyl (C=O) groups is 1. The Morgan fingerprint density at radius 2 is 1.60 bits per heavy atom. The van der Waals surface area contributed by atoms with E-state index in [4.69, 9.17) is 4.74 Å². The number of carbonyl (C=O) groups excluding carboxylic acids is 1. The third-order valence-electron chi connectivity index (χ3n) is 5.08. The van der Waals surface area contributed by atoms with Crippen LogP contribution in [0.1, 0.15) is 37.9 Å². The standard InChI is InChI=1S/C23H26N2O4S/c1-5-18(6-2)23(26)29-22-21(30(27,28)20-14-12-16(3)13-15-20)17(4)24-25(22)19-10-8-7-9-11-19/h7-15,18H,5-6H2,1-4H3. The van der Waals surface area contributed by atoms with Crippen LogP contribution in [0, 0.1) is 19.8 Å². The fraction of sp³-hybridized carbons (Fsp3) is 0.304. The largest absolute Gasteiger partial charge is 0.406 e. The van der Waals surface area contributed by atoms with Gasteiger partial charge in [0.15, 0.2) is 4.90 Å². The van der Waals surface area contributed by atoms with Crippen molar-refractivity contribution in [1.82, 2.24) is 9.78 Å². The Hall–Kier alpha value is -2.93. The van der Waals surface area contributed by atoms with Gasteiger partial charge in [0.25, 0.3) is 0 Å². The Balaban J connectivity index is 2.21. The molecular weight excluding hydrogens is 400 g/mol. The first kappa shape index (κ1) is 21.8. The molecule has 0 saturated heterocycles. The summed E-state index contributed by atoms with van der Waals surface area (Å²) in [5.74, 6) is -0.854. The summed E-state index contributed by atoms with van der Waals surface area (Å²) < 4.78 is 34.0. The van der Waals surface area contributed by atoms with Gasteiger partial charge < -0.3 is 4.74 Å². The summed E-state index contributed by atoms with van der Waals surface area (Å²) in [7, 11) is -3.95. The van der Waals surface area contributed by atoms with Gasteiger partial charge in [0.2, 0.25) is 15.7 Å². The van der Waals surface area contributed by atoms with Crippen molar-refractivity contribution in [3.8, 4) is 11.6 Å². The zero-order chi connectivity index (χ0) is 21.9. The minimum atomic E-state index is -3.95. The van der Waals surface area contributed by atoms with E-state index in [1.165, 1.54) is 4.68 Å². The van der Waals surface area contributed by atoms with Crippen molar-refractivity contribution in [1.29, 1.82) is 0 Å². The van der Waals surface area contributed by atoms with Crippen molar-refractivity contribution in [2.75, 3.05) is 0 Å². The molecule has 0 aliphatic heterocycles. The van der Waals surface area contributed by atoms with Crippen LogP contribution < -0.4 is 4.74 Å². The van der Waals surface area contributed by atoms with E-state index in [9.17, 15) is 13.2 Å². The predicted octanol–water partition coefficient (Wildman–Crippen LogP) is 4.66. The van der Waals surface area contributed by atoms with E-state index < -0.39 is 15.8 Å². The highest BCUT2D eigenvalue weighted by Gasteiger charge is 2.33. The quantitative estimate of drug-likeness (QED) is 0.513. The zero-order valence-corrected chi connectivity index (χ0v) is 18.4. The molecule has 1 heterocycles. The molecule has 0 bridgehead atoms. The molecular formula is C23H26N2O4S. The second-order valence-corrected chi connectivity index (χ2v) is 9.10. The molecule has 0 N–H and O–H groups in total. The molecule has 0 radical (unpaired) electrons. The molecule has 6 nitrogen and oxygen atoms in total. The molecule has 0 spiro atoms. The average molecular weight is 427 g/mol. The molecule has 3 rings (SSSR count). The smallest absolute Gasteiger partial charge is 0.315 e. The Morgan fingerprint density at radius 1 is 1.00 bits per heavy atom. The van der Waals surface area contributed by atoms with E-state index in [2.05, 4.69) is 5.10 Å². The van der Waals surface area contributed by atoms with E-state index in [1.54, 1.807) is 43.3 Å². The third kappa shape index (κ3) is 4.16. The Kier molecular flexibility index (Phi) is 6.41. The number of nitrogens with zero attached hydrogens (tertiary/aromatic N) is 2. The lowest BCUT2D eigenvalue weighted by molar-refractivity contribution is -0.139. The van der Waals surface area contributed by atoms with Crippen molar-refractivity contribution >= 4 is 15.8 Å². The van der Waals surface area contributed by atoms with Gasteiger partial charge in [0.1, 0.15) is 0 Å². The van der Waals surface area contributed by atoms with E-state index in [0.717, 1.165) is 5.56 Å². The highest BCUT2D eigenvalue weighted by molar-refractivity contribution is 7.91. The van der Waals surface area contributed by atoms with E-state index in [-0.39, 0.29) is 27.3 Å². The number of aromatic nitrogens is 2. The summed E-state index contributed by atoms with van der Waals surface area (Å²) in [5.41, 5.74) is 1.83. The zero-order valence-electron chi connectivity index (χ0n) is 17.6. The van der Waals surface area contributed by atoms with Gasteiger partial charge in [0, 0.05) is 0 Å². The first-order valence-electron chi connectivity index (χ1n) is 9.98. The van der Waals surface area contributed by atoms with Crippen molar-refractivity contribution in [3.05, 3.63) is 65.9 Å². The maximum absolute atomic E-state index is 13.5. The molecule has 0 unspecified atom stereocenters. The van der Waals surface area contributed by atoms with Crippen LogP contribution in [-0.2, 0) is 14.6 Å². The summed E-state index contributed by atoms with van der Waals surface area (Å²) in [5, 5.41) is 4.41. The van der Waals surface area contributed by atoms with Crippen LogP contribution in [0.2, 0.25) is 0 Å². The summed E-state index contributed by atoms with van der Waals surface area (Å²) >= 11 is 0. The molecule has 3 aromatic rings. The number of hydrogen-bond donors (Lipinski definition) is 0. The summed E-state index contributed by atoms with van der Waals surface area (Å²) in [4.78, 5) is 12.8. The van der Waals surface area contributed by atoms with Gasteiger partial charge in [-0.05, 0) is 51.0 Å². The van der Waals surface area contributed by atoms with Gasteiger partial charge in [-0.1, -0.05) is 49.7 Å². The van der Waals surface area contributed by atoms with E-state index >= 15 is 0 Å². The van der Waals surface area contributed by atoms with E-state index in [0.29, 0.717) is 18.5 Å². The van der Waals surface area contributed by atoms with Gasteiger partial charge >= 0.3 is 5.97 Å². The molecule has 1 aromatic heterocycles. The van der Waals surface area contributed by atoms with Crippen LogP contribution in [0.25, 0.3) is 5.69 Å². The highest BCUT2D eigenvalue weighted by Crippen LogP contribution is 2.35. The van der Waals surface area contributed by atoms with Gasteiger partial charge in [0.05, 0.1) is 22.2 Å². The lowest BCUT2D eigenvalue weighted by atomic mass is 10.0. The summed E-state index contributed by atoms with van der Waals surface area (Å²) in [6.07, 6.45) is 1.21. The van der Waals surface area contributed by atoms with E-state index in [1.807, 2.05) is 39.0 Å². The molecule has 2 aromatic carbocycles. The third-order valence-corrected chi connectivity index (χ3v) is 6.98. The van der Waals surface area contributed by atoms with Gasteiger partial charge in [-0.15, -0.1) is 0 Å². The van der Waals surface area contributed by atoms with Crippen LogP contribution in [0.3, 0.4) is 0 Å². The molecule has 0 aliphatic rings. The predicted molar refractivity (Wildman–Crippen MR) is 115 cm³/mol. The number of para-hydroxylation sites is 1. The van der Waals surface area contributed by atoms with Gasteiger partial charge in [-0.25, -0.2) is 8.42 Å². The van der Waals surface area contributed by atoms with Crippen LogP contribution >= 0.6 is 0 Å². The minimum absolute atomic E-state index is 0.0730. The van der Waals surface area contributed by atoms with Crippen LogP contribution in [0.15, 0.2) is 64.4 Å². The van der Waals surface area contributed by atoms with Crippen molar-refractivity contribution in [3.63, 3.8) is 0 Å². The number of ether oxygens (including phenoxy) is 1. The lowest BCUT2D eigenvalue weighted by Crippen LogP contribution is -2.21. The van der Waals surface area contributed by atoms with Crippen LogP contribution in [-0.4, -0.2) is 24.2 Å². The molecule has 30 heavy (non-hydrogen) atoms. The molecule has 0 aliphatic carbocycles. The second-order valence-electron chi connectivity index (χ2n) is 7.22. The fourth-order valence-corrected chi connectivity index (χ4v) is 4.79. The number of esters is 1. The van der Waals surface area contributed by atoms with Gasteiger partial charge in [-0.3, -0.25) is 4.79 Å². The molecule has 0 atom stereocenters. The lowest BCUT2D eigenvalue weighted by Gasteiger charge is -2.14. The van der Waals surface area contributed by atoms with Crippen LogP contribution in [0.5, 0.6) is 5.88 Å². The number of hydrogen-bond acceptors (Lipinski definition) is 5. The molecule has 0 amide bonds. The fourth-order valence-electron chi connectivity index (χ4n) is 3.27. The number of benzene rings is 2. The highest BCUT2D eigenvalue weighted by atomic mass is 32.2. The summed E-state index contributed by atoms with van der Waals surface area (Å²) in [6.45, 7) is 7.30. The maximum Gasteiger partial charge on any atom is 0.315 e. The van der Waals surface area contributed by atoms with Crippen LogP contribution in [0.4, 0.5) is 0 Å². The number of sulfone groups is 1. The second kappa shape index (κ2) is 8.83. The Bertz CT molecular complexity index is 1130. The molecule has 7 heteroatoms. The SMILES string of the molecule is CCC(CC)C(=O)Oc1c(S(=O)(=O)c2ccc(C)cc2)c(C)nn1-c1ccccc1. The number of aryl methyl sites for hydroxylation is 2. The van der Waals surface area contributed by atoms with Gasteiger partial charge in [-0.2, -0.15) is 9.78 Å². The average Bonchev–Trinajstić information content (AvgIpc) is 3.06. The Labute approximate surface area is 177 Å². The topological polar surface area (TPSA) is 78.3 Å². The first-order chi connectivity index (χ1) is 14.3. The molecule has 0 saturated carbocycles. The number of rotatable bonds is 7.